The Hall–Kier alpha value is -0.900. The first-order chi connectivity index (χ1) is 10.1. The molecule has 2 saturated heterocycles. The molecule has 2 fully saturated rings. The summed E-state index contributed by atoms with van der Waals surface area (Å²) in [5, 5.41) is 10.5. The molecule has 3 nitrogen and oxygen atoms in total. The van der Waals surface area contributed by atoms with E-state index in [-0.39, 0.29) is 0 Å². The molecule has 0 aliphatic carbocycles. The Morgan fingerprint density at radius 1 is 1.14 bits per heavy atom. The summed E-state index contributed by atoms with van der Waals surface area (Å²) in [7, 11) is 0. The maximum Gasteiger partial charge on any atom is 0.0916 e. The van der Waals surface area contributed by atoms with Crippen molar-refractivity contribution in [3.8, 4) is 0 Å². The minimum Gasteiger partial charge on any atom is -0.387 e. The Morgan fingerprint density at radius 3 is 2.33 bits per heavy atom. The van der Waals surface area contributed by atoms with Crippen molar-refractivity contribution in [3.63, 3.8) is 0 Å². The molecular formula is C18H27NO2. The van der Waals surface area contributed by atoms with Crippen molar-refractivity contribution in [2.24, 2.45) is 5.92 Å². The SMILES string of the molecule is CC(C)Cc1ccc(C(O)CN2CC3CCC(C2)O3)cc1. The summed E-state index contributed by atoms with van der Waals surface area (Å²) >= 11 is 0. The van der Waals surface area contributed by atoms with Crippen LogP contribution in [0.5, 0.6) is 0 Å². The minimum absolute atomic E-state index is 0.393. The predicted octanol–water partition coefficient (Wildman–Crippen LogP) is 2.78. The molecule has 2 bridgehead atoms. The van der Waals surface area contributed by atoms with E-state index in [0.717, 1.165) is 31.6 Å². The highest BCUT2D eigenvalue weighted by Gasteiger charge is 2.34. The molecule has 21 heavy (non-hydrogen) atoms. The highest BCUT2D eigenvalue weighted by Crippen LogP contribution is 2.27. The van der Waals surface area contributed by atoms with Gasteiger partial charge in [0.1, 0.15) is 0 Å². The van der Waals surface area contributed by atoms with E-state index in [2.05, 4.69) is 43.0 Å². The number of aliphatic hydroxyl groups is 1. The maximum absolute atomic E-state index is 10.5. The largest absolute Gasteiger partial charge is 0.387 e. The number of morpholine rings is 1. The molecule has 1 aromatic rings. The number of ether oxygens (including phenoxy) is 1. The van der Waals surface area contributed by atoms with Crippen molar-refractivity contribution < 1.29 is 9.84 Å². The van der Waals surface area contributed by atoms with Gasteiger partial charge in [-0.05, 0) is 36.3 Å². The first kappa shape index (κ1) is 15.0. The third-order valence-corrected chi connectivity index (χ3v) is 4.56. The van der Waals surface area contributed by atoms with Crippen molar-refractivity contribution in [2.45, 2.75) is 51.4 Å². The molecule has 116 valence electrons. The van der Waals surface area contributed by atoms with Crippen LogP contribution in [0.1, 0.15) is 43.9 Å². The summed E-state index contributed by atoms with van der Waals surface area (Å²) in [6.07, 6.45) is 3.86. The van der Waals surface area contributed by atoms with E-state index in [1.54, 1.807) is 0 Å². The molecule has 2 heterocycles. The van der Waals surface area contributed by atoms with E-state index in [1.165, 1.54) is 18.4 Å². The molecule has 3 unspecified atom stereocenters. The lowest BCUT2D eigenvalue weighted by Gasteiger charge is -2.33. The Balaban J connectivity index is 1.56. The summed E-state index contributed by atoms with van der Waals surface area (Å²) in [6.45, 7) is 7.13. The third kappa shape index (κ3) is 3.85. The van der Waals surface area contributed by atoms with Crippen LogP contribution in [0.4, 0.5) is 0 Å². The number of rotatable bonds is 5. The van der Waals surface area contributed by atoms with Gasteiger partial charge in [-0.25, -0.2) is 0 Å². The number of nitrogens with zero attached hydrogens (tertiary/aromatic N) is 1. The molecule has 0 spiro atoms. The van der Waals surface area contributed by atoms with Crippen molar-refractivity contribution in [3.05, 3.63) is 35.4 Å². The third-order valence-electron chi connectivity index (χ3n) is 4.56. The number of benzene rings is 1. The van der Waals surface area contributed by atoms with Gasteiger partial charge in [0.15, 0.2) is 0 Å². The second-order valence-electron chi connectivity index (χ2n) is 7.03. The fourth-order valence-corrected chi connectivity index (χ4v) is 3.55. The van der Waals surface area contributed by atoms with Crippen LogP contribution in [0.2, 0.25) is 0 Å². The zero-order valence-corrected chi connectivity index (χ0v) is 13.2. The number of β-amino-alcohol motifs (C(OH)–C–C–N with tert-alkyl or cyclic N) is 1. The quantitative estimate of drug-likeness (QED) is 0.905. The normalized spacial score (nSPS) is 27.2. The highest BCUT2D eigenvalue weighted by molar-refractivity contribution is 5.24. The summed E-state index contributed by atoms with van der Waals surface area (Å²) in [4.78, 5) is 2.36. The van der Waals surface area contributed by atoms with Gasteiger partial charge >= 0.3 is 0 Å². The molecule has 0 saturated carbocycles. The molecular weight excluding hydrogens is 262 g/mol. The van der Waals surface area contributed by atoms with Gasteiger partial charge in [0, 0.05) is 19.6 Å². The lowest BCUT2D eigenvalue weighted by Crippen LogP contribution is -2.44. The van der Waals surface area contributed by atoms with E-state index < -0.39 is 6.10 Å². The van der Waals surface area contributed by atoms with E-state index in [1.807, 2.05) is 0 Å². The van der Waals surface area contributed by atoms with Gasteiger partial charge in [-0.1, -0.05) is 38.1 Å². The van der Waals surface area contributed by atoms with Gasteiger partial charge in [-0.15, -0.1) is 0 Å². The zero-order valence-electron chi connectivity index (χ0n) is 13.2. The Kier molecular flexibility index (Phi) is 4.63. The van der Waals surface area contributed by atoms with Gasteiger partial charge < -0.3 is 9.84 Å². The fourth-order valence-electron chi connectivity index (χ4n) is 3.55. The fraction of sp³-hybridized carbons (Fsp3) is 0.667. The van der Waals surface area contributed by atoms with Crippen LogP contribution >= 0.6 is 0 Å². The van der Waals surface area contributed by atoms with Crippen LogP contribution in [-0.4, -0.2) is 41.8 Å². The number of hydrogen-bond acceptors (Lipinski definition) is 3. The number of aliphatic hydroxyl groups excluding tert-OH is 1. The average molecular weight is 289 g/mol. The van der Waals surface area contributed by atoms with E-state index in [4.69, 9.17) is 4.74 Å². The average Bonchev–Trinajstić information content (AvgIpc) is 2.78. The van der Waals surface area contributed by atoms with Crippen LogP contribution in [-0.2, 0) is 11.2 Å². The molecule has 3 atom stereocenters. The summed E-state index contributed by atoms with van der Waals surface area (Å²) in [5.41, 5.74) is 2.38. The molecule has 2 aliphatic heterocycles. The lowest BCUT2D eigenvalue weighted by molar-refractivity contribution is -0.0497. The number of likely N-dealkylation sites (tertiary alicyclic amines) is 1. The van der Waals surface area contributed by atoms with Crippen LogP contribution in [0.15, 0.2) is 24.3 Å². The maximum atomic E-state index is 10.5. The molecule has 0 aromatic heterocycles. The lowest BCUT2D eigenvalue weighted by atomic mass is 10.00. The minimum atomic E-state index is -0.393. The molecule has 2 aliphatic rings. The van der Waals surface area contributed by atoms with Crippen molar-refractivity contribution >= 4 is 0 Å². The monoisotopic (exact) mass is 289 g/mol. The Labute approximate surface area is 127 Å². The first-order valence-electron chi connectivity index (χ1n) is 8.25. The first-order valence-corrected chi connectivity index (χ1v) is 8.25. The van der Waals surface area contributed by atoms with Crippen molar-refractivity contribution in [2.75, 3.05) is 19.6 Å². The Morgan fingerprint density at radius 2 is 1.76 bits per heavy atom. The molecule has 3 heteroatoms. The summed E-state index contributed by atoms with van der Waals surface area (Å²) in [5.74, 6) is 0.671. The molecule has 1 N–H and O–H groups in total. The van der Waals surface area contributed by atoms with Gasteiger partial charge in [0.2, 0.25) is 0 Å². The van der Waals surface area contributed by atoms with Crippen LogP contribution in [0.3, 0.4) is 0 Å². The van der Waals surface area contributed by atoms with E-state index in [9.17, 15) is 5.11 Å². The molecule has 3 rings (SSSR count). The van der Waals surface area contributed by atoms with Crippen LogP contribution in [0.25, 0.3) is 0 Å². The Bertz CT molecular complexity index is 445. The molecule has 0 radical (unpaired) electrons. The van der Waals surface area contributed by atoms with Crippen molar-refractivity contribution in [1.29, 1.82) is 0 Å². The van der Waals surface area contributed by atoms with E-state index >= 15 is 0 Å². The topological polar surface area (TPSA) is 32.7 Å². The van der Waals surface area contributed by atoms with Crippen LogP contribution < -0.4 is 0 Å². The summed E-state index contributed by atoms with van der Waals surface area (Å²) < 4.78 is 5.84. The second kappa shape index (κ2) is 6.47. The predicted molar refractivity (Wildman–Crippen MR) is 84.3 cm³/mol. The van der Waals surface area contributed by atoms with Gasteiger partial charge in [-0.2, -0.15) is 0 Å². The van der Waals surface area contributed by atoms with Gasteiger partial charge in [0.05, 0.1) is 18.3 Å². The smallest absolute Gasteiger partial charge is 0.0916 e. The molecule has 1 aromatic carbocycles. The molecule has 0 amide bonds. The highest BCUT2D eigenvalue weighted by atomic mass is 16.5. The van der Waals surface area contributed by atoms with Gasteiger partial charge in [-0.3, -0.25) is 4.90 Å². The van der Waals surface area contributed by atoms with Crippen molar-refractivity contribution in [1.82, 2.24) is 4.90 Å². The number of hydrogen-bond donors (Lipinski definition) is 1. The second-order valence-corrected chi connectivity index (χ2v) is 7.03. The zero-order chi connectivity index (χ0) is 14.8. The standard InChI is InChI=1S/C18H27NO2/c1-13(2)9-14-3-5-15(6-4-14)18(20)12-19-10-16-7-8-17(11-19)21-16/h3-6,13,16-18,20H,7-12H2,1-2H3. The van der Waals surface area contributed by atoms with Gasteiger partial charge in [0.25, 0.3) is 0 Å². The summed E-state index contributed by atoms with van der Waals surface area (Å²) in [6, 6.07) is 8.47. The number of fused-ring (bicyclic) bond motifs is 2. The van der Waals surface area contributed by atoms with E-state index in [0.29, 0.717) is 18.1 Å². The van der Waals surface area contributed by atoms with Crippen LogP contribution in [0, 0.1) is 5.92 Å².